The zero-order valence-electron chi connectivity index (χ0n) is 14.1. The maximum absolute atomic E-state index is 4.39. The van der Waals surface area contributed by atoms with Gasteiger partial charge in [0, 0.05) is 18.8 Å². The van der Waals surface area contributed by atoms with E-state index in [0.29, 0.717) is 11.5 Å². The maximum atomic E-state index is 4.39. The van der Waals surface area contributed by atoms with Gasteiger partial charge in [-0.2, -0.15) is 9.62 Å². The first-order valence-corrected chi connectivity index (χ1v) is 8.04. The van der Waals surface area contributed by atoms with Crippen molar-refractivity contribution in [1.29, 1.82) is 0 Å². The second-order valence-electron chi connectivity index (χ2n) is 5.37. The number of hydrogen-bond acceptors (Lipinski definition) is 6. The van der Waals surface area contributed by atoms with E-state index in [1.165, 1.54) is 5.69 Å². The van der Waals surface area contributed by atoms with E-state index in [1.54, 1.807) is 10.7 Å². The summed E-state index contributed by atoms with van der Waals surface area (Å²) in [5.41, 5.74) is 5.90. The van der Waals surface area contributed by atoms with Gasteiger partial charge >= 0.3 is 0 Å². The van der Waals surface area contributed by atoms with Crippen molar-refractivity contribution in [2.24, 2.45) is 5.10 Å². The average molecular weight is 323 g/mol. The Morgan fingerprint density at radius 1 is 1.08 bits per heavy atom. The molecule has 0 saturated heterocycles. The molecule has 24 heavy (non-hydrogen) atoms. The number of anilines is 2. The van der Waals surface area contributed by atoms with Crippen molar-refractivity contribution in [2.45, 2.75) is 20.8 Å². The Bertz CT molecular complexity index is 832. The fraction of sp³-hybridized carbons (Fsp3) is 0.294. The Labute approximate surface area is 141 Å². The third-order valence-corrected chi connectivity index (χ3v) is 3.83. The van der Waals surface area contributed by atoms with Crippen LogP contribution in [0.5, 0.6) is 0 Å². The number of hydrogen-bond donors (Lipinski definition) is 1. The van der Waals surface area contributed by atoms with Crippen LogP contribution in [0.4, 0.5) is 11.5 Å². The topological polar surface area (TPSA) is 70.7 Å². The van der Waals surface area contributed by atoms with Gasteiger partial charge in [-0.05, 0) is 50.6 Å². The van der Waals surface area contributed by atoms with E-state index in [0.717, 1.165) is 24.5 Å². The fourth-order valence-electron chi connectivity index (χ4n) is 2.49. The SMILES string of the molecule is CCN(CC)c1ccc(/C=N\Nc2ccc3nnc(C)n3n2)cc1. The lowest BCUT2D eigenvalue weighted by Gasteiger charge is -2.20. The van der Waals surface area contributed by atoms with E-state index in [1.807, 2.05) is 19.1 Å². The number of benzene rings is 1. The minimum Gasteiger partial charge on any atom is -0.372 e. The van der Waals surface area contributed by atoms with E-state index in [2.05, 4.69) is 68.8 Å². The normalized spacial score (nSPS) is 11.3. The molecule has 7 nitrogen and oxygen atoms in total. The van der Waals surface area contributed by atoms with Crippen molar-refractivity contribution in [3.05, 3.63) is 47.8 Å². The van der Waals surface area contributed by atoms with E-state index < -0.39 is 0 Å². The Hall–Kier alpha value is -2.96. The van der Waals surface area contributed by atoms with Crippen LogP contribution in [0.3, 0.4) is 0 Å². The van der Waals surface area contributed by atoms with Gasteiger partial charge in [0.2, 0.25) is 0 Å². The molecule has 3 aromatic rings. The predicted octanol–water partition coefficient (Wildman–Crippen LogP) is 2.72. The van der Waals surface area contributed by atoms with Crippen LogP contribution in [0.15, 0.2) is 41.5 Å². The summed E-state index contributed by atoms with van der Waals surface area (Å²) in [7, 11) is 0. The largest absolute Gasteiger partial charge is 0.372 e. The molecule has 0 saturated carbocycles. The molecule has 3 rings (SSSR count). The Morgan fingerprint density at radius 3 is 2.54 bits per heavy atom. The van der Waals surface area contributed by atoms with E-state index >= 15 is 0 Å². The van der Waals surface area contributed by atoms with Crippen LogP contribution >= 0.6 is 0 Å². The molecule has 124 valence electrons. The molecule has 1 aromatic carbocycles. The lowest BCUT2D eigenvalue weighted by Crippen LogP contribution is -2.21. The fourth-order valence-corrected chi connectivity index (χ4v) is 2.49. The summed E-state index contributed by atoms with van der Waals surface area (Å²) in [6.07, 6.45) is 1.77. The smallest absolute Gasteiger partial charge is 0.178 e. The van der Waals surface area contributed by atoms with Gasteiger partial charge < -0.3 is 4.90 Å². The molecule has 0 radical (unpaired) electrons. The number of hydrazone groups is 1. The summed E-state index contributed by atoms with van der Waals surface area (Å²) >= 11 is 0. The summed E-state index contributed by atoms with van der Waals surface area (Å²) in [4.78, 5) is 2.31. The standard InChI is InChI=1S/C17H21N7/c1-4-23(5-2)15-8-6-14(7-9-15)12-18-20-16-10-11-17-21-19-13(3)24(17)22-16/h6-12H,4-5H2,1-3H3,(H,20,22)/b18-12-. The number of rotatable bonds is 6. The second-order valence-corrected chi connectivity index (χ2v) is 5.37. The van der Waals surface area contributed by atoms with Gasteiger partial charge in [0.25, 0.3) is 0 Å². The van der Waals surface area contributed by atoms with Gasteiger partial charge in [0.05, 0.1) is 6.21 Å². The maximum Gasteiger partial charge on any atom is 0.178 e. The number of nitrogens with zero attached hydrogens (tertiary/aromatic N) is 6. The predicted molar refractivity (Wildman–Crippen MR) is 96.7 cm³/mol. The molecule has 0 bridgehead atoms. The Kier molecular flexibility index (Phi) is 4.69. The number of aromatic nitrogens is 4. The average Bonchev–Trinajstić information content (AvgIpc) is 2.98. The molecule has 1 N–H and O–H groups in total. The summed E-state index contributed by atoms with van der Waals surface area (Å²) in [5, 5.41) is 16.6. The van der Waals surface area contributed by atoms with E-state index in [-0.39, 0.29) is 0 Å². The van der Waals surface area contributed by atoms with Gasteiger partial charge in [-0.1, -0.05) is 12.1 Å². The minimum absolute atomic E-state index is 0.640. The number of nitrogens with one attached hydrogen (secondary N) is 1. The van der Waals surface area contributed by atoms with Gasteiger partial charge in [0.15, 0.2) is 17.3 Å². The van der Waals surface area contributed by atoms with Gasteiger partial charge in [-0.3, -0.25) is 5.43 Å². The molecule has 0 aliphatic carbocycles. The quantitative estimate of drug-likeness (QED) is 0.558. The molecule has 0 atom stereocenters. The molecular formula is C17H21N7. The van der Waals surface area contributed by atoms with Crippen LogP contribution in [-0.2, 0) is 0 Å². The molecule has 0 aliphatic rings. The minimum atomic E-state index is 0.640. The van der Waals surface area contributed by atoms with Crippen LogP contribution < -0.4 is 10.3 Å². The third kappa shape index (κ3) is 3.34. The van der Waals surface area contributed by atoms with Gasteiger partial charge in [-0.15, -0.1) is 15.3 Å². The molecule has 2 aromatic heterocycles. The van der Waals surface area contributed by atoms with Crippen molar-refractivity contribution >= 4 is 23.4 Å². The highest BCUT2D eigenvalue weighted by Crippen LogP contribution is 2.14. The van der Waals surface area contributed by atoms with Crippen LogP contribution in [0.2, 0.25) is 0 Å². The summed E-state index contributed by atoms with van der Waals surface area (Å²) in [6, 6.07) is 12.0. The Balaban J connectivity index is 1.67. The lowest BCUT2D eigenvalue weighted by atomic mass is 10.2. The van der Waals surface area contributed by atoms with E-state index in [4.69, 9.17) is 0 Å². The summed E-state index contributed by atoms with van der Waals surface area (Å²) in [5.74, 6) is 1.38. The van der Waals surface area contributed by atoms with Gasteiger partial charge in [0.1, 0.15) is 0 Å². The second kappa shape index (κ2) is 7.08. The molecule has 0 amide bonds. The lowest BCUT2D eigenvalue weighted by molar-refractivity contribution is 0.866. The van der Waals surface area contributed by atoms with Crippen molar-refractivity contribution in [2.75, 3.05) is 23.4 Å². The summed E-state index contributed by atoms with van der Waals surface area (Å²) in [6.45, 7) is 8.18. The third-order valence-electron chi connectivity index (χ3n) is 3.83. The highest BCUT2D eigenvalue weighted by Gasteiger charge is 2.03. The highest BCUT2D eigenvalue weighted by molar-refractivity contribution is 5.80. The molecule has 0 spiro atoms. The van der Waals surface area contributed by atoms with Crippen molar-refractivity contribution in [3.63, 3.8) is 0 Å². The molecule has 7 heteroatoms. The first-order chi connectivity index (χ1) is 11.7. The number of aryl methyl sites for hydroxylation is 1. The van der Waals surface area contributed by atoms with Gasteiger partial charge in [-0.25, -0.2) is 0 Å². The Morgan fingerprint density at radius 2 is 1.83 bits per heavy atom. The first-order valence-electron chi connectivity index (χ1n) is 8.04. The van der Waals surface area contributed by atoms with Crippen LogP contribution in [0, 0.1) is 6.92 Å². The van der Waals surface area contributed by atoms with Crippen LogP contribution in [0.1, 0.15) is 25.2 Å². The molecule has 2 heterocycles. The van der Waals surface area contributed by atoms with Crippen molar-refractivity contribution in [3.8, 4) is 0 Å². The molecule has 0 unspecified atom stereocenters. The number of fused-ring (bicyclic) bond motifs is 1. The summed E-state index contributed by atoms with van der Waals surface area (Å²) < 4.78 is 1.68. The zero-order valence-corrected chi connectivity index (χ0v) is 14.1. The van der Waals surface area contributed by atoms with E-state index in [9.17, 15) is 0 Å². The molecule has 0 fully saturated rings. The molecular weight excluding hydrogens is 302 g/mol. The monoisotopic (exact) mass is 323 g/mol. The van der Waals surface area contributed by atoms with Crippen molar-refractivity contribution in [1.82, 2.24) is 19.8 Å². The molecule has 0 aliphatic heterocycles. The zero-order chi connectivity index (χ0) is 16.9. The first kappa shape index (κ1) is 15.9. The highest BCUT2D eigenvalue weighted by atomic mass is 15.4. The van der Waals surface area contributed by atoms with Crippen LogP contribution in [-0.4, -0.2) is 39.1 Å². The van der Waals surface area contributed by atoms with Crippen molar-refractivity contribution < 1.29 is 0 Å². The van der Waals surface area contributed by atoms with Crippen LogP contribution in [0.25, 0.3) is 5.65 Å².